The highest BCUT2D eigenvalue weighted by atomic mass is 32.2. The fraction of sp³-hybridized carbons (Fsp3) is 0.480. The number of hydrogen-bond donors (Lipinski definition) is 1. The minimum Gasteiger partial charge on any atom is -0.352 e. The first-order chi connectivity index (χ1) is 16.8. The third-order valence-electron chi connectivity index (χ3n) is 6.95. The number of thiophene rings is 1. The predicted molar refractivity (Wildman–Crippen MR) is 133 cm³/mol. The lowest BCUT2D eigenvalue weighted by Gasteiger charge is -2.31. The van der Waals surface area contributed by atoms with Gasteiger partial charge in [0.2, 0.25) is 27.6 Å². The second-order valence-electron chi connectivity index (χ2n) is 9.52. The zero-order chi connectivity index (χ0) is 24.6. The molecule has 35 heavy (non-hydrogen) atoms. The molecule has 1 saturated carbocycles. The van der Waals surface area contributed by atoms with Crippen molar-refractivity contribution in [2.24, 2.45) is 5.92 Å². The molecule has 3 aromatic rings. The van der Waals surface area contributed by atoms with Crippen LogP contribution < -0.4 is 5.32 Å². The van der Waals surface area contributed by atoms with Gasteiger partial charge in [0.15, 0.2) is 0 Å². The average Bonchev–Trinajstić information content (AvgIpc) is 3.44. The van der Waals surface area contributed by atoms with Crippen LogP contribution in [-0.2, 0) is 21.4 Å². The summed E-state index contributed by atoms with van der Waals surface area (Å²) < 4.78 is 33.9. The van der Waals surface area contributed by atoms with Crippen molar-refractivity contribution in [2.75, 3.05) is 13.1 Å². The molecule has 0 unspecified atom stereocenters. The van der Waals surface area contributed by atoms with Crippen molar-refractivity contribution in [3.05, 3.63) is 52.2 Å². The van der Waals surface area contributed by atoms with Gasteiger partial charge < -0.3 is 9.84 Å². The van der Waals surface area contributed by atoms with Crippen LogP contribution in [0.3, 0.4) is 0 Å². The zero-order valence-corrected chi connectivity index (χ0v) is 21.6. The number of rotatable bonds is 7. The Morgan fingerprint density at radius 1 is 1.17 bits per heavy atom. The summed E-state index contributed by atoms with van der Waals surface area (Å²) in [5, 5.41) is 7.06. The number of aryl methyl sites for hydroxylation is 2. The monoisotopic (exact) mass is 514 g/mol. The standard InChI is InChI=1S/C25H30N4O4S2/c1-16-8-10-18(11-9-16)14-26-24(30)20-7-4-12-29(15-20)35(31,32)22-13-21(34-17(22)2)23-27-25(33-28-23)19-5-3-6-19/h8-11,13,19-20H,3-7,12,14-15H2,1-2H3,(H,26,30)/t20-/m0/s1. The molecule has 3 heterocycles. The number of nitrogens with zero attached hydrogens (tertiary/aromatic N) is 3. The molecule has 2 aromatic heterocycles. The number of hydrogen-bond acceptors (Lipinski definition) is 7. The molecule has 1 aromatic carbocycles. The maximum absolute atomic E-state index is 13.5. The Morgan fingerprint density at radius 3 is 2.66 bits per heavy atom. The molecule has 10 heteroatoms. The zero-order valence-electron chi connectivity index (χ0n) is 20.0. The number of sulfonamides is 1. The number of benzene rings is 1. The topological polar surface area (TPSA) is 105 Å². The smallest absolute Gasteiger partial charge is 0.244 e. The molecule has 0 bridgehead atoms. The minimum absolute atomic E-state index is 0.108. The lowest BCUT2D eigenvalue weighted by molar-refractivity contribution is -0.126. The quantitative estimate of drug-likeness (QED) is 0.501. The van der Waals surface area contributed by atoms with E-state index in [4.69, 9.17) is 4.52 Å². The van der Waals surface area contributed by atoms with Crippen LogP contribution in [0.4, 0.5) is 0 Å². The molecule has 1 N–H and O–H groups in total. The van der Waals surface area contributed by atoms with Crippen LogP contribution >= 0.6 is 11.3 Å². The minimum atomic E-state index is -3.74. The van der Waals surface area contributed by atoms with Gasteiger partial charge in [-0.25, -0.2) is 8.42 Å². The number of nitrogens with one attached hydrogen (secondary N) is 1. The molecule has 1 amide bonds. The van der Waals surface area contributed by atoms with Crippen LogP contribution in [0.15, 0.2) is 39.8 Å². The van der Waals surface area contributed by atoms with Crippen LogP contribution in [0.2, 0.25) is 0 Å². The van der Waals surface area contributed by atoms with E-state index in [9.17, 15) is 13.2 Å². The van der Waals surface area contributed by atoms with Crippen LogP contribution in [0.5, 0.6) is 0 Å². The highest BCUT2D eigenvalue weighted by Crippen LogP contribution is 2.38. The molecular formula is C25H30N4O4S2. The number of piperidine rings is 1. The lowest BCUT2D eigenvalue weighted by atomic mass is 9.85. The highest BCUT2D eigenvalue weighted by molar-refractivity contribution is 7.89. The summed E-state index contributed by atoms with van der Waals surface area (Å²) in [6, 6.07) is 9.64. The fourth-order valence-corrected chi connectivity index (χ4v) is 7.55. The second-order valence-corrected chi connectivity index (χ2v) is 12.7. The summed E-state index contributed by atoms with van der Waals surface area (Å²) >= 11 is 1.35. The maximum Gasteiger partial charge on any atom is 0.244 e. The van der Waals surface area contributed by atoms with Gasteiger partial charge >= 0.3 is 0 Å². The Bertz CT molecular complexity index is 1310. The highest BCUT2D eigenvalue weighted by Gasteiger charge is 2.35. The van der Waals surface area contributed by atoms with E-state index < -0.39 is 10.0 Å². The Kier molecular flexibility index (Phi) is 6.78. The van der Waals surface area contributed by atoms with Gasteiger partial charge in [0.1, 0.15) is 0 Å². The van der Waals surface area contributed by atoms with E-state index in [1.54, 1.807) is 13.0 Å². The first-order valence-electron chi connectivity index (χ1n) is 12.1. The summed E-state index contributed by atoms with van der Waals surface area (Å²) in [4.78, 5) is 19.0. The van der Waals surface area contributed by atoms with E-state index in [0.717, 1.165) is 18.4 Å². The number of amides is 1. The summed E-state index contributed by atoms with van der Waals surface area (Å²) in [6.07, 6.45) is 4.60. The summed E-state index contributed by atoms with van der Waals surface area (Å²) in [5.41, 5.74) is 2.19. The second kappa shape index (κ2) is 9.83. The normalized spacial score (nSPS) is 19.4. The first-order valence-corrected chi connectivity index (χ1v) is 14.3. The molecule has 0 spiro atoms. The van der Waals surface area contributed by atoms with Crippen molar-refractivity contribution < 1.29 is 17.7 Å². The lowest BCUT2D eigenvalue weighted by Crippen LogP contribution is -2.45. The van der Waals surface area contributed by atoms with E-state index in [2.05, 4.69) is 15.5 Å². The van der Waals surface area contributed by atoms with Gasteiger partial charge in [-0.05, 0) is 51.2 Å². The molecule has 0 radical (unpaired) electrons. The molecule has 2 fully saturated rings. The Labute approximate surface area is 209 Å². The van der Waals surface area contributed by atoms with Crippen molar-refractivity contribution in [2.45, 2.75) is 63.3 Å². The van der Waals surface area contributed by atoms with Gasteiger partial charge in [0, 0.05) is 30.4 Å². The van der Waals surface area contributed by atoms with Gasteiger partial charge in [0.05, 0.1) is 15.7 Å². The molecule has 1 atom stereocenters. The van der Waals surface area contributed by atoms with E-state index in [-0.39, 0.29) is 23.3 Å². The predicted octanol–water partition coefficient (Wildman–Crippen LogP) is 4.40. The van der Waals surface area contributed by atoms with Crippen LogP contribution in [0, 0.1) is 19.8 Å². The summed E-state index contributed by atoms with van der Waals surface area (Å²) in [5.74, 6) is 0.918. The van der Waals surface area contributed by atoms with Crippen molar-refractivity contribution in [1.82, 2.24) is 19.8 Å². The van der Waals surface area contributed by atoms with Crippen molar-refractivity contribution >= 4 is 27.3 Å². The number of carbonyl (C=O) groups excluding carboxylic acids is 1. The Balaban J connectivity index is 1.27. The number of aromatic nitrogens is 2. The van der Waals surface area contributed by atoms with Crippen LogP contribution in [-0.4, -0.2) is 41.9 Å². The van der Waals surface area contributed by atoms with Gasteiger partial charge in [-0.1, -0.05) is 41.4 Å². The first kappa shape index (κ1) is 24.1. The van der Waals surface area contributed by atoms with Crippen molar-refractivity contribution in [1.29, 1.82) is 0 Å². The van der Waals surface area contributed by atoms with Crippen LogP contribution in [0.25, 0.3) is 10.7 Å². The van der Waals surface area contributed by atoms with Gasteiger partial charge in [-0.3, -0.25) is 4.79 Å². The van der Waals surface area contributed by atoms with Crippen LogP contribution in [0.1, 0.15) is 59.9 Å². The maximum atomic E-state index is 13.5. The molecule has 5 rings (SSSR count). The molecule has 1 aliphatic heterocycles. The molecular weight excluding hydrogens is 484 g/mol. The van der Waals surface area contributed by atoms with E-state index >= 15 is 0 Å². The van der Waals surface area contributed by atoms with Gasteiger partial charge in [0.25, 0.3) is 0 Å². The molecule has 1 saturated heterocycles. The summed E-state index contributed by atoms with van der Waals surface area (Å²) in [7, 11) is -3.74. The van der Waals surface area contributed by atoms with E-state index in [1.807, 2.05) is 31.2 Å². The van der Waals surface area contributed by atoms with Crippen molar-refractivity contribution in [3.63, 3.8) is 0 Å². The Morgan fingerprint density at radius 2 is 1.94 bits per heavy atom. The Hall–Kier alpha value is -2.56. The van der Waals surface area contributed by atoms with E-state index in [0.29, 0.717) is 53.3 Å². The fourth-order valence-electron chi connectivity index (χ4n) is 4.54. The number of carbonyl (C=O) groups is 1. The van der Waals surface area contributed by atoms with Crippen molar-refractivity contribution in [3.8, 4) is 10.7 Å². The third kappa shape index (κ3) is 5.05. The molecule has 1 aliphatic carbocycles. The molecule has 186 valence electrons. The molecule has 2 aliphatic rings. The summed E-state index contributed by atoms with van der Waals surface area (Å²) in [6.45, 7) is 4.84. The third-order valence-corrected chi connectivity index (χ3v) is 10.1. The SMILES string of the molecule is Cc1ccc(CNC(=O)[C@H]2CCCN(S(=O)(=O)c3cc(-c4noc(C5CCC5)n4)sc3C)C2)cc1. The average molecular weight is 515 g/mol. The molecule has 8 nitrogen and oxygen atoms in total. The largest absolute Gasteiger partial charge is 0.352 e. The van der Waals surface area contributed by atoms with Gasteiger partial charge in [-0.15, -0.1) is 11.3 Å². The van der Waals surface area contributed by atoms with Gasteiger partial charge in [-0.2, -0.15) is 9.29 Å². The van der Waals surface area contributed by atoms with E-state index in [1.165, 1.54) is 27.6 Å².